The van der Waals surface area contributed by atoms with E-state index in [4.69, 9.17) is 11.6 Å². The van der Waals surface area contributed by atoms with Gasteiger partial charge in [0.05, 0.1) is 0 Å². The van der Waals surface area contributed by atoms with Crippen LogP contribution in [0.25, 0.3) is 0 Å². The van der Waals surface area contributed by atoms with E-state index < -0.39 is 0 Å². The van der Waals surface area contributed by atoms with E-state index in [1.807, 2.05) is 36.4 Å². The van der Waals surface area contributed by atoms with Crippen molar-refractivity contribution in [2.45, 2.75) is 25.8 Å². The zero-order chi connectivity index (χ0) is 15.2. The summed E-state index contributed by atoms with van der Waals surface area (Å²) < 4.78 is 14.8. The number of halogens is 3. The van der Waals surface area contributed by atoms with E-state index in [1.54, 1.807) is 0 Å². The normalized spacial score (nSPS) is 12.4. The Morgan fingerprint density at radius 2 is 2.05 bits per heavy atom. The minimum absolute atomic E-state index is 0.0549. The highest BCUT2D eigenvalue weighted by Gasteiger charge is 2.14. The molecular formula is C17H18BrClFN. The lowest BCUT2D eigenvalue weighted by atomic mass is 9.98. The van der Waals surface area contributed by atoms with Crippen LogP contribution in [0.5, 0.6) is 0 Å². The lowest BCUT2D eigenvalue weighted by Crippen LogP contribution is -2.24. The molecular weight excluding hydrogens is 353 g/mol. The fourth-order valence-corrected chi connectivity index (χ4v) is 2.79. The van der Waals surface area contributed by atoms with Gasteiger partial charge in [-0.2, -0.15) is 0 Å². The minimum atomic E-state index is -0.185. The molecule has 112 valence electrons. The van der Waals surface area contributed by atoms with Crippen LogP contribution in [-0.2, 0) is 6.42 Å². The van der Waals surface area contributed by atoms with Crippen molar-refractivity contribution in [2.24, 2.45) is 0 Å². The molecule has 0 saturated carbocycles. The molecule has 0 bridgehead atoms. The van der Waals surface area contributed by atoms with Gasteiger partial charge in [0.2, 0.25) is 0 Å². The van der Waals surface area contributed by atoms with Gasteiger partial charge in [0.1, 0.15) is 5.82 Å². The predicted octanol–water partition coefficient (Wildman–Crippen LogP) is 5.53. The molecule has 21 heavy (non-hydrogen) atoms. The van der Waals surface area contributed by atoms with Crippen molar-refractivity contribution in [1.29, 1.82) is 0 Å². The van der Waals surface area contributed by atoms with E-state index in [9.17, 15) is 4.39 Å². The smallest absolute Gasteiger partial charge is 0.127 e. The minimum Gasteiger partial charge on any atom is -0.310 e. The van der Waals surface area contributed by atoms with Gasteiger partial charge in [-0.15, -0.1) is 0 Å². The monoisotopic (exact) mass is 369 g/mol. The second-order valence-corrected chi connectivity index (χ2v) is 6.35. The molecule has 1 unspecified atom stereocenters. The fourth-order valence-electron chi connectivity index (χ4n) is 2.26. The van der Waals surface area contributed by atoms with Crippen molar-refractivity contribution in [3.63, 3.8) is 0 Å². The lowest BCUT2D eigenvalue weighted by molar-refractivity contribution is 0.513. The molecule has 2 aromatic rings. The molecule has 0 aliphatic rings. The van der Waals surface area contributed by atoms with Crippen molar-refractivity contribution in [2.75, 3.05) is 6.54 Å². The average Bonchev–Trinajstić information content (AvgIpc) is 2.45. The Morgan fingerprint density at radius 1 is 1.24 bits per heavy atom. The summed E-state index contributed by atoms with van der Waals surface area (Å²) in [5, 5.41) is 4.17. The predicted molar refractivity (Wildman–Crippen MR) is 90.3 cm³/mol. The Balaban J connectivity index is 2.23. The van der Waals surface area contributed by atoms with Crippen molar-refractivity contribution >= 4 is 27.5 Å². The molecule has 0 fully saturated rings. The zero-order valence-corrected chi connectivity index (χ0v) is 14.2. The molecule has 0 aromatic heterocycles. The average molecular weight is 371 g/mol. The van der Waals surface area contributed by atoms with Gasteiger partial charge in [0.15, 0.2) is 0 Å². The van der Waals surface area contributed by atoms with Crippen LogP contribution in [0.2, 0.25) is 5.02 Å². The van der Waals surface area contributed by atoms with Gasteiger partial charge < -0.3 is 5.32 Å². The van der Waals surface area contributed by atoms with Gasteiger partial charge >= 0.3 is 0 Å². The van der Waals surface area contributed by atoms with Crippen molar-refractivity contribution in [1.82, 2.24) is 5.32 Å². The van der Waals surface area contributed by atoms with E-state index in [-0.39, 0.29) is 11.9 Å². The molecule has 0 aliphatic carbocycles. The first-order valence-electron chi connectivity index (χ1n) is 7.03. The quantitative estimate of drug-likeness (QED) is 0.705. The van der Waals surface area contributed by atoms with Crippen molar-refractivity contribution in [3.8, 4) is 0 Å². The number of hydrogen-bond acceptors (Lipinski definition) is 1. The number of rotatable bonds is 6. The van der Waals surface area contributed by atoms with Crippen LogP contribution >= 0.6 is 27.5 Å². The Labute approximate surface area is 138 Å². The maximum Gasteiger partial charge on any atom is 0.127 e. The summed E-state index contributed by atoms with van der Waals surface area (Å²) in [7, 11) is 0. The van der Waals surface area contributed by atoms with Crippen LogP contribution in [0.15, 0.2) is 46.9 Å². The standard InChI is InChI=1S/C17H18BrClFN/c1-2-8-21-17(13-4-3-5-15(19)9-13)10-12-6-7-14(18)11-16(12)20/h3-7,9,11,17,21H,2,8,10H2,1H3. The molecule has 2 aromatic carbocycles. The summed E-state index contributed by atoms with van der Waals surface area (Å²) >= 11 is 9.36. The maximum atomic E-state index is 14.0. The fraction of sp³-hybridized carbons (Fsp3) is 0.294. The number of benzene rings is 2. The molecule has 0 radical (unpaired) electrons. The molecule has 0 aliphatic heterocycles. The Bertz CT molecular complexity index is 603. The molecule has 2 rings (SSSR count). The SMILES string of the molecule is CCCNC(Cc1ccc(Br)cc1F)c1cccc(Cl)c1. The molecule has 1 atom stereocenters. The third-order valence-electron chi connectivity index (χ3n) is 3.33. The van der Waals surface area contributed by atoms with E-state index in [0.29, 0.717) is 17.0 Å². The highest BCUT2D eigenvalue weighted by atomic mass is 79.9. The summed E-state index contributed by atoms with van der Waals surface area (Å²) in [5.74, 6) is -0.185. The van der Waals surface area contributed by atoms with Crippen LogP contribution in [0.3, 0.4) is 0 Å². The third kappa shape index (κ3) is 4.80. The lowest BCUT2D eigenvalue weighted by Gasteiger charge is -2.20. The first-order valence-corrected chi connectivity index (χ1v) is 8.20. The highest BCUT2D eigenvalue weighted by molar-refractivity contribution is 9.10. The number of hydrogen-bond donors (Lipinski definition) is 1. The van der Waals surface area contributed by atoms with Gasteiger partial charge in [0, 0.05) is 15.5 Å². The molecule has 0 heterocycles. The van der Waals surface area contributed by atoms with Crippen LogP contribution < -0.4 is 5.32 Å². The van der Waals surface area contributed by atoms with Crippen LogP contribution in [0.1, 0.15) is 30.5 Å². The van der Waals surface area contributed by atoms with E-state index in [2.05, 4.69) is 28.2 Å². The molecule has 0 saturated heterocycles. The van der Waals surface area contributed by atoms with Crippen molar-refractivity contribution < 1.29 is 4.39 Å². The molecule has 0 amide bonds. The third-order valence-corrected chi connectivity index (χ3v) is 4.06. The summed E-state index contributed by atoms with van der Waals surface area (Å²) in [6, 6.07) is 13.0. The van der Waals surface area contributed by atoms with Gasteiger partial charge in [-0.25, -0.2) is 4.39 Å². The highest BCUT2D eigenvalue weighted by Crippen LogP contribution is 2.24. The molecule has 0 spiro atoms. The maximum absolute atomic E-state index is 14.0. The Hall–Kier alpha value is -0.900. The van der Waals surface area contributed by atoms with Gasteiger partial charge in [0.25, 0.3) is 0 Å². The van der Waals surface area contributed by atoms with E-state index >= 15 is 0 Å². The van der Waals surface area contributed by atoms with Crippen LogP contribution in [0.4, 0.5) is 4.39 Å². The summed E-state index contributed by atoms with van der Waals surface area (Å²) in [6.07, 6.45) is 1.62. The largest absolute Gasteiger partial charge is 0.310 e. The summed E-state index contributed by atoms with van der Waals surface area (Å²) in [4.78, 5) is 0. The van der Waals surface area contributed by atoms with Gasteiger partial charge in [-0.05, 0) is 54.8 Å². The second kappa shape index (κ2) is 7.92. The summed E-state index contributed by atoms with van der Waals surface area (Å²) in [5.41, 5.74) is 1.78. The van der Waals surface area contributed by atoms with Gasteiger partial charge in [-0.1, -0.05) is 52.7 Å². The zero-order valence-electron chi connectivity index (χ0n) is 11.9. The molecule has 4 heteroatoms. The van der Waals surface area contributed by atoms with Crippen LogP contribution in [0, 0.1) is 5.82 Å². The Kier molecular flexibility index (Phi) is 6.22. The van der Waals surface area contributed by atoms with Crippen molar-refractivity contribution in [3.05, 3.63) is 68.9 Å². The topological polar surface area (TPSA) is 12.0 Å². The first kappa shape index (κ1) is 16.5. The number of nitrogens with one attached hydrogen (secondary N) is 1. The summed E-state index contributed by atoms with van der Waals surface area (Å²) in [6.45, 7) is 3.00. The van der Waals surface area contributed by atoms with E-state index in [0.717, 1.165) is 23.0 Å². The second-order valence-electron chi connectivity index (χ2n) is 5.00. The first-order chi connectivity index (χ1) is 10.1. The molecule has 1 nitrogen and oxygen atoms in total. The van der Waals surface area contributed by atoms with E-state index in [1.165, 1.54) is 6.07 Å². The molecule has 1 N–H and O–H groups in total. The van der Waals surface area contributed by atoms with Gasteiger partial charge in [-0.3, -0.25) is 0 Å². The Morgan fingerprint density at radius 3 is 2.71 bits per heavy atom. The van der Waals surface area contributed by atoms with Crippen LogP contribution in [-0.4, -0.2) is 6.54 Å².